The fourth-order valence-corrected chi connectivity index (χ4v) is 1.75. The number of nitrogens with zero attached hydrogens (tertiary/aromatic N) is 1. The first-order valence-electron chi connectivity index (χ1n) is 3.38. The number of nitriles is 1. The third kappa shape index (κ3) is 1.62. The minimum atomic E-state index is 0.0655. The van der Waals surface area contributed by atoms with Crippen LogP contribution in [0.15, 0.2) is 0 Å². The van der Waals surface area contributed by atoms with Gasteiger partial charge in [0, 0.05) is 0 Å². The van der Waals surface area contributed by atoms with Gasteiger partial charge in [0.15, 0.2) is 0 Å². The van der Waals surface area contributed by atoms with Crippen LogP contribution in [0.5, 0.6) is 0 Å². The van der Waals surface area contributed by atoms with Gasteiger partial charge in [0.1, 0.15) is 4.75 Å². The molecular formula is C7H11NS. The van der Waals surface area contributed by atoms with Gasteiger partial charge in [0.05, 0.1) is 6.07 Å². The van der Waals surface area contributed by atoms with E-state index in [-0.39, 0.29) is 4.75 Å². The summed E-state index contributed by atoms with van der Waals surface area (Å²) in [4.78, 5) is 0. The highest BCUT2D eigenvalue weighted by Crippen LogP contribution is 2.47. The monoisotopic (exact) mass is 141 g/mol. The van der Waals surface area contributed by atoms with Crippen molar-refractivity contribution in [1.82, 2.24) is 0 Å². The summed E-state index contributed by atoms with van der Waals surface area (Å²) in [6, 6.07) is 2.35. The van der Waals surface area contributed by atoms with E-state index in [9.17, 15) is 0 Å². The molecule has 0 N–H and O–H groups in total. The molecule has 2 heteroatoms. The smallest absolute Gasteiger partial charge is 0.102 e. The van der Waals surface area contributed by atoms with Gasteiger partial charge in [-0.1, -0.05) is 6.92 Å². The van der Waals surface area contributed by atoms with Crippen LogP contribution in [0.1, 0.15) is 26.2 Å². The molecule has 0 heterocycles. The predicted molar refractivity (Wildman–Crippen MR) is 40.3 cm³/mol. The first kappa shape index (κ1) is 6.95. The summed E-state index contributed by atoms with van der Waals surface area (Å²) in [7, 11) is 0. The summed E-state index contributed by atoms with van der Waals surface area (Å²) >= 11 is 1.83. The lowest BCUT2D eigenvalue weighted by atomic mass is 10.5. The van der Waals surface area contributed by atoms with Gasteiger partial charge in [0.25, 0.3) is 0 Å². The standard InChI is InChI=1S/C7H11NS/c1-2-5-9-7(6-8)3-4-7/h2-5H2,1H3. The van der Waals surface area contributed by atoms with Crippen molar-refractivity contribution in [3.63, 3.8) is 0 Å². The molecule has 50 valence electrons. The molecule has 0 bridgehead atoms. The molecule has 1 saturated carbocycles. The molecule has 0 aromatic rings. The zero-order valence-corrected chi connectivity index (χ0v) is 6.50. The Bertz CT molecular complexity index is 132. The molecule has 1 aliphatic carbocycles. The number of hydrogen-bond acceptors (Lipinski definition) is 2. The summed E-state index contributed by atoms with van der Waals surface area (Å²) in [5.74, 6) is 1.15. The summed E-state index contributed by atoms with van der Waals surface area (Å²) in [5.41, 5.74) is 0. The van der Waals surface area contributed by atoms with Gasteiger partial charge < -0.3 is 0 Å². The SMILES string of the molecule is CCCSC1(C#N)CC1. The van der Waals surface area contributed by atoms with Crippen molar-refractivity contribution in [2.24, 2.45) is 0 Å². The quantitative estimate of drug-likeness (QED) is 0.601. The third-order valence-electron chi connectivity index (χ3n) is 1.49. The van der Waals surface area contributed by atoms with E-state index in [1.807, 2.05) is 11.8 Å². The van der Waals surface area contributed by atoms with E-state index in [0.717, 1.165) is 18.6 Å². The molecule has 0 radical (unpaired) electrons. The van der Waals surface area contributed by atoms with Crippen molar-refractivity contribution in [2.75, 3.05) is 5.75 Å². The van der Waals surface area contributed by atoms with Crippen molar-refractivity contribution in [2.45, 2.75) is 30.9 Å². The molecule has 0 atom stereocenters. The van der Waals surface area contributed by atoms with Gasteiger partial charge in [-0.25, -0.2) is 0 Å². The zero-order chi connectivity index (χ0) is 6.74. The van der Waals surface area contributed by atoms with Crippen LogP contribution in [0.25, 0.3) is 0 Å². The van der Waals surface area contributed by atoms with E-state index in [4.69, 9.17) is 5.26 Å². The van der Waals surface area contributed by atoms with E-state index >= 15 is 0 Å². The Morgan fingerprint density at radius 1 is 1.67 bits per heavy atom. The normalized spacial score (nSPS) is 20.9. The van der Waals surface area contributed by atoms with Crippen molar-refractivity contribution >= 4 is 11.8 Å². The Kier molecular flexibility index (Phi) is 2.02. The topological polar surface area (TPSA) is 23.8 Å². The fraction of sp³-hybridized carbons (Fsp3) is 0.857. The molecule has 0 unspecified atom stereocenters. The summed E-state index contributed by atoms with van der Waals surface area (Å²) in [6.07, 6.45) is 3.43. The Morgan fingerprint density at radius 3 is 2.67 bits per heavy atom. The Hall–Kier alpha value is -0.160. The maximum atomic E-state index is 8.61. The Labute approximate surface area is 60.4 Å². The molecule has 1 fully saturated rings. The molecule has 1 rings (SSSR count). The van der Waals surface area contributed by atoms with Gasteiger partial charge >= 0.3 is 0 Å². The molecule has 9 heavy (non-hydrogen) atoms. The summed E-state index contributed by atoms with van der Waals surface area (Å²) < 4.78 is 0.0655. The highest BCUT2D eigenvalue weighted by molar-refractivity contribution is 8.01. The number of thioether (sulfide) groups is 1. The van der Waals surface area contributed by atoms with E-state index in [0.29, 0.717) is 0 Å². The lowest BCUT2D eigenvalue weighted by Crippen LogP contribution is -1.97. The van der Waals surface area contributed by atoms with Crippen LogP contribution >= 0.6 is 11.8 Å². The van der Waals surface area contributed by atoms with E-state index in [2.05, 4.69) is 13.0 Å². The second kappa shape index (κ2) is 2.62. The minimum Gasteiger partial charge on any atom is -0.197 e. The summed E-state index contributed by atoms with van der Waals surface area (Å²) in [5, 5.41) is 8.61. The lowest BCUT2D eigenvalue weighted by molar-refractivity contribution is 1.09. The molecule has 0 spiro atoms. The van der Waals surface area contributed by atoms with Crippen LogP contribution in [-0.4, -0.2) is 10.5 Å². The van der Waals surface area contributed by atoms with Crippen molar-refractivity contribution in [3.05, 3.63) is 0 Å². The van der Waals surface area contributed by atoms with Crippen LogP contribution < -0.4 is 0 Å². The molecule has 0 saturated heterocycles. The minimum absolute atomic E-state index is 0.0655. The molecule has 0 aliphatic heterocycles. The molecule has 1 nitrogen and oxygen atoms in total. The predicted octanol–water partition coefficient (Wildman–Crippen LogP) is 2.19. The van der Waals surface area contributed by atoms with Crippen molar-refractivity contribution < 1.29 is 0 Å². The van der Waals surface area contributed by atoms with Crippen LogP contribution in [0, 0.1) is 11.3 Å². The molecule has 0 amide bonds. The lowest BCUT2D eigenvalue weighted by Gasteiger charge is -2.00. The Balaban J connectivity index is 2.20. The maximum Gasteiger partial charge on any atom is 0.102 e. The van der Waals surface area contributed by atoms with Crippen molar-refractivity contribution in [1.29, 1.82) is 5.26 Å². The second-order valence-corrected chi connectivity index (χ2v) is 3.93. The second-order valence-electron chi connectivity index (χ2n) is 2.45. The highest BCUT2D eigenvalue weighted by atomic mass is 32.2. The zero-order valence-electron chi connectivity index (χ0n) is 5.68. The molecular weight excluding hydrogens is 130 g/mol. The van der Waals surface area contributed by atoms with Gasteiger partial charge in [-0.3, -0.25) is 0 Å². The molecule has 1 aliphatic rings. The van der Waals surface area contributed by atoms with E-state index in [1.54, 1.807) is 0 Å². The number of hydrogen-bond donors (Lipinski definition) is 0. The van der Waals surface area contributed by atoms with Crippen LogP contribution in [-0.2, 0) is 0 Å². The van der Waals surface area contributed by atoms with E-state index in [1.165, 1.54) is 6.42 Å². The van der Waals surface area contributed by atoms with Gasteiger partial charge in [-0.15, -0.1) is 11.8 Å². The van der Waals surface area contributed by atoms with Crippen LogP contribution in [0.4, 0.5) is 0 Å². The fourth-order valence-electron chi connectivity index (χ4n) is 0.699. The van der Waals surface area contributed by atoms with Gasteiger partial charge in [-0.05, 0) is 25.0 Å². The Morgan fingerprint density at radius 2 is 2.33 bits per heavy atom. The van der Waals surface area contributed by atoms with E-state index < -0.39 is 0 Å². The van der Waals surface area contributed by atoms with Gasteiger partial charge in [0.2, 0.25) is 0 Å². The first-order valence-corrected chi connectivity index (χ1v) is 4.37. The first-order chi connectivity index (χ1) is 4.33. The largest absolute Gasteiger partial charge is 0.197 e. The average Bonchev–Trinajstić information content (AvgIpc) is 2.65. The highest BCUT2D eigenvalue weighted by Gasteiger charge is 2.43. The van der Waals surface area contributed by atoms with Gasteiger partial charge in [-0.2, -0.15) is 5.26 Å². The molecule has 0 aromatic carbocycles. The summed E-state index contributed by atoms with van der Waals surface area (Å²) in [6.45, 7) is 2.15. The third-order valence-corrected chi connectivity index (χ3v) is 3.15. The van der Waals surface area contributed by atoms with Crippen LogP contribution in [0.2, 0.25) is 0 Å². The maximum absolute atomic E-state index is 8.61. The average molecular weight is 141 g/mol. The van der Waals surface area contributed by atoms with Crippen LogP contribution in [0.3, 0.4) is 0 Å². The molecule has 0 aromatic heterocycles. The van der Waals surface area contributed by atoms with Crippen molar-refractivity contribution in [3.8, 4) is 6.07 Å². The number of rotatable bonds is 3.